The lowest BCUT2D eigenvalue weighted by molar-refractivity contribution is -0.148. The fraction of sp³-hybridized carbons (Fsp3) is 0.211. The van der Waals surface area contributed by atoms with E-state index in [1.807, 2.05) is 36.4 Å². The van der Waals surface area contributed by atoms with Crippen LogP contribution in [0.2, 0.25) is 5.02 Å². The molecule has 0 fully saturated rings. The first kappa shape index (κ1) is 18.4. The number of nitrogens with zero attached hydrogens (tertiary/aromatic N) is 1. The van der Waals surface area contributed by atoms with Crippen LogP contribution in [0.25, 0.3) is 10.2 Å². The van der Waals surface area contributed by atoms with Crippen molar-refractivity contribution in [2.75, 3.05) is 6.61 Å². The molecule has 0 saturated carbocycles. The molecule has 7 heteroatoms. The maximum absolute atomic E-state index is 11.8. The standard InChI is InChI=1S/C19H17ClN2O3S/c20-14-7-5-13(6-8-14)11-21-17(23)12-25-19(24)10-9-18-22-15-3-1-2-4-16(15)26-18/h1-8H,9-12H2,(H,21,23). The van der Waals surface area contributed by atoms with Crippen LogP contribution < -0.4 is 5.32 Å². The Morgan fingerprint density at radius 1 is 1.12 bits per heavy atom. The highest BCUT2D eigenvalue weighted by Gasteiger charge is 2.10. The number of ether oxygens (including phenoxy) is 1. The van der Waals surface area contributed by atoms with Gasteiger partial charge in [-0.05, 0) is 29.8 Å². The normalized spacial score (nSPS) is 10.7. The van der Waals surface area contributed by atoms with Gasteiger partial charge in [0.25, 0.3) is 5.91 Å². The molecule has 1 amide bonds. The number of esters is 1. The van der Waals surface area contributed by atoms with Crippen molar-refractivity contribution < 1.29 is 14.3 Å². The van der Waals surface area contributed by atoms with Gasteiger partial charge < -0.3 is 10.1 Å². The van der Waals surface area contributed by atoms with Crippen LogP contribution in [0.1, 0.15) is 17.0 Å². The zero-order valence-corrected chi connectivity index (χ0v) is 15.5. The lowest BCUT2D eigenvalue weighted by Gasteiger charge is -2.06. The number of hydrogen-bond donors (Lipinski definition) is 1. The van der Waals surface area contributed by atoms with Gasteiger partial charge in [0.2, 0.25) is 0 Å². The van der Waals surface area contributed by atoms with Crippen LogP contribution in [0.3, 0.4) is 0 Å². The van der Waals surface area contributed by atoms with Crippen LogP contribution in [0.4, 0.5) is 0 Å². The van der Waals surface area contributed by atoms with Crippen LogP contribution in [-0.4, -0.2) is 23.5 Å². The highest BCUT2D eigenvalue weighted by molar-refractivity contribution is 7.18. The van der Waals surface area contributed by atoms with Gasteiger partial charge in [-0.25, -0.2) is 4.98 Å². The SMILES string of the molecule is O=C(COC(=O)CCc1nc2ccccc2s1)NCc1ccc(Cl)cc1. The average molecular weight is 389 g/mol. The second kappa shape index (κ2) is 8.78. The van der Waals surface area contributed by atoms with Crippen molar-refractivity contribution in [2.24, 2.45) is 0 Å². The first-order chi connectivity index (χ1) is 12.6. The molecular weight excluding hydrogens is 372 g/mol. The highest BCUT2D eigenvalue weighted by atomic mass is 35.5. The number of amides is 1. The van der Waals surface area contributed by atoms with Crippen LogP contribution >= 0.6 is 22.9 Å². The maximum atomic E-state index is 11.8. The molecule has 0 radical (unpaired) electrons. The molecule has 0 bridgehead atoms. The summed E-state index contributed by atoms with van der Waals surface area (Å²) in [6.45, 7) is 0.0749. The van der Waals surface area contributed by atoms with Crippen LogP contribution in [-0.2, 0) is 27.3 Å². The van der Waals surface area contributed by atoms with E-state index in [1.165, 1.54) is 0 Å². The summed E-state index contributed by atoms with van der Waals surface area (Å²) in [5, 5.41) is 4.22. The van der Waals surface area contributed by atoms with Gasteiger partial charge in [-0.2, -0.15) is 0 Å². The Kier molecular flexibility index (Phi) is 6.20. The summed E-state index contributed by atoms with van der Waals surface area (Å²) < 4.78 is 6.11. The molecule has 1 N–H and O–H groups in total. The average Bonchev–Trinajstić information content (AvgIpc) is 3.07. The molecule has 1 aromatic heterocycles. The molecule has 0 atom stereocenters. The second-order valence-electron chi connectivity index (χ2n) is 5.64. The molecule has 134 valence electrons. The zero-order chi connectivity index (χ0) is 18.4. The molecule has 3 aromatic rings. The Bertz CT molecular complexity index is 876. The van der Waals surface area contributed by atoms with Crippen LogP contribution in [0.15, 0.2) is 48.5 Å². The minimum Gasteiger partial charge on any atom is -0.456 e. The summed E-state index contributed by atoms with van der Waals surface area (Å²) in [5.41, 5.74) is 1.85. The van der Waals surface area contributed by atoms with Crippen molar-refractivity contribution in [3.8, 4) is 0 Å². The molecule has 0 aliphatic heterocycles. The quantitative estimate of drug-likeness (QED) is 0.626. The van der Waals surface area contributed by atoms with Gasteiger partial charge in [0.15, 0.2) is 6.61 Å². The van der Waals surface area contributed by atoms with E-state index in [4.69, 9.17) is 16.3 Å². The summed E-state index contributed by atoms with van der Waals surface area (Å²) in [6.07, 6.45) is 0.703. The monoisotopic (exact) mass is 388 g/mol. The number of hydrogen-bond acceptors (Lipinski definition) is 5. The minimum atomic E-state index is -0.411. The number of para-hydroxylation sites is 1. The second-order valence-corrected chi connectivity index (χ2v) is 7.19. The summed E-state index contributed by atoms with van der Waals surface area (Å²) in [4.78, 5) is 28.0. The first-order valence-corrected chi connectivity index (χ1v) is 9.31. The summed E-state index contributed by atoms with van der Waals surface area (Å²) >= 11 is 7.37. The van der Waals surface area contributed by atoms with Crippen molar-refractivity contribution in [3.05, 3.63) is 64.1 Å². The number of aromatic nitrogens is 1. The molecule has 0 saturated heterocycles. The third kappa shape index (κ3) is 5.28. The van der Waals surface area contributed by atoms with Gasteiger partial charge in [-0.1, -0.05) is 35.9 Å². The fourth-order valence-corrected chi connectivity index (χ4v) is 3.40. The van der Waals surface area contributed by atoms with Crippen molar-refractivity contribution >= 4 is 45.0 Å². The number of aryl methyl sites for hydroxylation is 1. The van der Waals surface area contributed by atoms with E-state index in [1.54, 1.807) is 23.5 Å². The largest absolute Gasteiger partial charge is 0.456 e. The third-order valence-electron chi connectivity index (χ3n) is 3.65. The summed E-state index contributed by atoms with van der Waals surface area (Å²) in [7, 11) is 0. The summed E-state index contributed by atoms with van der Waals surface area (Å²) in [6, 6.07) is 15.0. The number of thiazole rings is 1. The Morgan fingerprint density at radius 3 is 2.65 bits per heavy atom. The Morgan fingerprint density at radius 2 is 1.88 bits per heavy atom. The van der Waals surface area contributed by atoms with Gasteiger partial charge >= 0.3 is 5.97 Å². The predicted octanol–water partition coefficient (Wildman–Crippen LogP) is 3.74. The molecule has 0 spiro atoms. The number of rotatable bonds is 7. The molecule has 0 aliphatic carbocycles. The van der Waals surface area contributed by atoms with E-state index >= 15 is 0 Å². The van der Waals surface area contributed by atoms with Gasteiger partial charge in [-0.15, -0.1) is 11.3 Å². The Labute approximate surface area is 160 Å². The van der Waals surface area contributed by atoms with Crippen molar-refractivity contribution in [2.45, 2.75) is 19.4 Å². The van der Waals surface area contributed by atoms with Gasteiger partial charge in [0.05, 0.1) is 21.6 Å². The molecule has 5 nitrogen and oxygen atoms in total. The molecule has 2 aromatic carbocycles. The zero-order valence-electron chi connectivity index (χ0n) is 13.9. The molecule has 1 heterocycles. The highest BCUT2D eigenvalue weighted by Crippen LogP contribution is 2.22. The van der Waals surface area contributed by atoms with E-state index in [2.05, 4.69) is 10.3 Å². The predicted molar refractivity (Wildman–Crippen MR) is 102 cm³/mol. The maximum Gasteiger partial charge on any atom is 0.306 e. The Hall–Kier alpha value is -2.44. The number of benzene rings is 2. The van der Waals surface area contributed by atoms with E-state index < -0.39 is 5.97 Å². The van der Waals surface area contributed by atoms with Crippen LogP contribution in [0.5, 0.6) is 0 Å². The smallest absolute Gasteiger partial charge is 0.306 e. The number of halogens is 1. The lowest BCUT2D eigenvalue weighted by atomic mass is 10.2. The molecule has 26 heavy (non-hydrogen) atoms. The number of nitrogens with one attached hydrogen (secondary N) is 1. The van der Waals surface area contributed by atoms with Crippen molar-refractivity contribution in [1.82, 2.24) is 10.3 Å². The lowest BCUT2D eigenvalue weighted by Crippen LogP contribution is -2.28. The third-order valence-corrected chi connectivity index (χ3v) is 5.00. The van der Waals surface area contributed by atoms with Gasteiger partial charge in [0.1, 0.15) is 0 Å². The number of carbonyl (C=O) groups excluding carboxylic acids is 2. The van der Waals surface area contributed by atoms with E-state index in [-0.39, 0.29) is 18.9 Å². The van der Waals surface area contributed by atoms with Gasteiger partial charge in [0, 0.05) is 18.0 Å². The van der Waals surface area contributed by atoms with Crippen LogP contribution in [0, 0.1) is 0 Å². The molecule has 3 rings (SSSR count). The van der Waals surface area contributed by atoms with Crippen molar-refractivity contribution in [1.29, 1.82) is 0 Å². The topological polar surface area (TPSA) is 68.3 Å². The van der Waals surface area contributed by atoms with E-state index in [9.17, 15) is 9.59 Å². The number of fused-ring (bicyclic) bond motifs is 1. The molecular formula is C19H17ClN2O3S. The number of carbonyl (C=O) groups is 2. The van der Waals surface area contributed by atoms with E-state index in [0.29, 0.717) is 18.0 Å². The molecule has 0 aliphatic rings. The summed E-state index contributed by atoms with van der Waals surface area (Å²) in [5.74, 6) is -0.751. The van der Waals surface area contributed by atoms with Gasteiger partial charge in [-0.3, -0.25) is 9.59 Å². The fourth-order valence-electron chi connectivity index (χ4n) is 2.31. The van der Waals surface area contributed by atoms with E-state index in [0.717, 1.165) is 20.8 Å². The first-order valence-electron chi connectivity index (χ1n) is 8.11. The van der Waals surface area contributed by atoms with Crippen molar-refractivity contribution in [3.63, 3.8) is 0 Å². The molecule has 0 unspecified atom stereocenters. The Balaban J connectivity index is 1.37. The minimum absolute atomic E-state index is 0.199.